The van der Waals surface area contributed by atoms with Gasteiger partial charge >= 0.3 is 0 Å². The molecule has 2 aromatic carbocycles. The minimum atomic E-state index is -0.00184. The van der Waals surface area contributed by atoms with Gasteiger partial charge in [0.2, 0.25) is 5.91 Å². The standard InChI is InChI=1S/C18H21NO3/c1-21-15-12-10-14(11-13-15)6-5-9-18(20)19-16-7-3-4-8-17(16)22-2/h3-4,7-8,10-13H,5-6,9H2,1-2H3,(H,19,20). The Morgan fingerprint density at radius 2 is 1.73 bits per heavy atom. The molecule has 2 rings (SSSR count). The van der Waals surface area contributed by atoms with Crippen molar-refractivity contribution in [2.45, 2.75) is 19.3 Å². The van der Waals surface area contributed by atoms with Gasteiger partial charge in [0, 0.05) is 6.42 Å². The van der Waals surface area contributed by atoms with Crippen LogP contribution in [0.2, 0.25) is 0 Å². The lowest BCUT2D eigenvalue weighted by Crippen LogP contribution is -2.12. The van der Waals surface area contributed by atoms with Crippen LogP contribution in [0.5, 0.6) is 11.5 Å². The zero-order valence-electron chi connectivity index (χ0n) is 13.0. The van der Waals surface area contributed by atoms with E-state index in [1.807, 2.05) is 48.5 Å². The van der Waals surface area contributed by atoms with Crippen LogP contribution in [0, 0.1) is 0 Å². The van der Waals surface area contributed by atoms with Gasteiger partial charge in [-0.1, -0.05) is 24.3 Å². The molecule has 0 radical (unpaired) electrons. The van der Waals surface area contributed by atoms with Gasteiger partial charge in [-0.2, -0.15) is 0 Å². The molecule has 0 aromatic heterocycles. The first-order valence-corrected chi connectivity index (χ1v) is 7.28. The fourth-order valence-corrected chi connectivity index (χ4v) is 2.21. The molecule has 22 heavy (non-hydrogen) atoms. The van der Waals surface area contributed by atoms with Gasteiger partial charge in [0.1, 0.15) is 11.5 Å². The van der Waals surface area contributed by atoms with Crippen molar-refractivity contribution in [1.82, 2.24) is 0 Å². The Morgan fingerprint density at radius 1 is 1.00 bits per heavy atom. The molecule has 1 N–H and O–H groups in total. The van der Waals surface area contributed by atoms with E-state index in [1.54, 1.807) is 14.2 Å². The van der Waals surface area contributed by atoms with Gasteiger partial charge in [-0.15, -0.1) is 0 Å². The average molecular weight is 299 g/mol. The zero-order chi connectivity index (χ0) is 15.8. The van der Waals surface area contributed by atoms with Crippen molar-refractivity contribution in [2.75, 3.05) is 19.5 Å². The summed E-state index contributed by atoms with van der Waals surface area (Å²) >= 11 is 0. The Labute approximate surface area is 131 Å². The van der Waals surface area contributed by atoms with Crippen LogP contribution in [-0.4, -0.2) is 20.1 Å². The summed E-state index contributed by atoms with van der Waals surface area (Å²) in [6.45, 7) is 0. The summed E-state index contributed by atoms with van der Waals surface area (Å²) in [5, 5.41) is 2.88. The number of anilines is 1. The van der Waals surface area contributed by atoms with Gasteiger partial charge in [0.15, 0.2) is 0 Å². The van der Waals surface area contributed by atoms with Crippen molar-refractivity contribution in [3.63, 3.8) is 0 Å². The maximum absolute atomic E-state index is 12.0. The van der Waals surface area contributed by atoms with Crippen molar-refractivity contribution in [3.8, 4) is 11.5 Å². The molecule has 116 valence electrons. The Hall–Kier alpha value is -2.49. The molecule has 0 spiro atoms. The number of benzene rings is 2. The number of nitrogens with one attached hydrogen (secondary N) is 1. The first-order chi connectivity index (χ1) is 10.7. The maximum Gasteiger partial charge on any atom is 0.224 e. The number of aryl methyl sites for hydroxylation is 1. The van der Waals surface area contributed by atoms with Gasteiger partial charge in [-0.05, 0) is 42.7 Å². The van der Waals surface area contributed by atoms with Crippen LogP contribution < -0.4 is 14.8 Å². The zero-order valence-corrected chi connectivity index (χ0v) is 13.0. The highest BCUT2D eigenvalue weighted by molar-refractivity contribution is 5.92. The fraction of sp³-hybridized carbons (Fsp3) is 0.278. The topological polar surface area (TPSA) is 47.6 Å². The molecule has 0 heterocycles. The number of hydrogen-bond acceptors (Lipinski definition) is 3. The summed E-state index contributed by atoms with van der Waals surface area (Å²) in [4.78, 5) is 12.0. The summed E-state index contributed by atoms with van der Waals surface area (Å²) in [5.41, 5.74) is 1.91. The molecule has 4 heteroatoms. The Kier molecular flexibility index (Phi) is 5.83. The van der Waals surface area contributed by atoms with E-state index in [0.29, 0.717) is 17.9 Å². The first-order valence-electron chi connectivity index (χ1n) is 7.28. The molecule has 0 fully saturated rings. The molecule has 0 saturated carbocycles. The predicted octanol–water partition coefficient (Wildman–Crippen LogP) is 3.67. The molecule has 0 aliphatic heterocycles. The SMILES string of the molecule is COc1ccc(CCCC(=O)Nc2ccccc2OC)cc1. The number of rotatable bonds is 7. The lowest BCUT2D eigenvalue weighted by atomic mass is 10.1. The monoisotopic (exact) mass is 299 g/mol. The summed E-state index contributed by atoms with van der Waals surface area (Å²) in [6, 6.07) is 15.3. The summed E-state index contributed by atoms with van der Waals surface area (Å²) in [7, 11) is 3.24. The number of amides is 1. The van der Waals surface area contributed by atoms with Crippen molar-refractivity contribution < 1.29 is 14.3 Å². The van der Waals surface area contributed by atoms with E-state index >= 15 is 0 Å². The minimum absolute atomic E-state index is 0.00184. The molecule has 0 atom stereocenters. The van der Waals surface area contributed by atoms with Crippen molar-refractivity contribution in [2.24, 2.45) is 0 Å². The number of carbonyl (C=O) groups is 1. The van der Waals surface area contributed by atoms with Crippen LogP contribution in [0.4, 0.5) is 5.69 Å². The molecule has 0 aliphatic rings. The highest BCUT2D eigenvalue weighted by Crippen LogP contribution is 2.23. The van der Waals surface area contributed by atoms with E-state index in [1.165, 1.54) is 5.56 Å². The van der Waals surface area contributed by atoms with Crippen molar-refractivity contribution in [1.29, 1.82) is 0 Å². The average Bonchev–Trinajstić information content (AvgIpc) is 2.56. The van der Waals surface area contributed by atoms with E-state index in [0.717, 1.165) is 18.6 Å². The number of hydrogen-bond donors (Lipinski definition) is 1. The lowest BCUT2D eigenvalue weighted by molar-refractivity contribution is -0.116. The van der Waals surface area contributed by atoms with E-state index in [4.69, 9.17) is 9.47 Å². The van der Waals surface area contributed by atoms with Gasteiger partial charge in [0.25, 0.3) is 0 Å². The minimum Gasteiger partial charge on any atom is -0.497 e. The van der Waals surface area contributed by atoms with Gasteiger partial charge in [0.05, 0.1) is 19.9 Å². The smallest absolute Gasteiger partial charge is 0.224 e. The summed E-state index contributed by atoms with van der Waals surface area (Å²) in [5.74, 6) is 1.52. The molecule has 0 bridgehead atoms. The molecule has 4 nitrogen and oxygen atoms in total. The summed E-state index contributed by atoms with van der Waals surface area (Å²) < 4.78 is 10.3. The maximum atomic E-state index is 12.0. The van der Waals surface area contributed by atoms with Gasteiger partial charge < -0.3 is 14.8 Å². The van der Waals surface area contributed by atoms with Gasteiger partial charge in [-0.3, -0.25) is 4.79 Å². The molecule has 0 aliphatic carbocycles. The Balaban J connectivity index is 1.80. The Bertz CT molecular complexity index is 608. The number of methoxy groups -OCH3 is 2. The van der Waals surface area contributed by atoms with Crippen LogP contribution in [0.25, 0.3) is 0 Å². The molecule has 2 aromatic rings. The lowest BCUT2D eigenvalue weighted by Gasteiger charge is -2.09. The van der Waals surface area contributed by atoms with E-state index < -0.39 is 0 Å². The number of para-hydroxylation sites is 2. The molecule has 0 saturated heterocycles. The fourth-order valence-electron chi connectivity index (χ4n) is 2.21. The third kappa shape index (κ3) is 4.52. The van der Waals surface area contributed by atoms with E-state index in [-0.39, 0.29) is 5.91 Å². The molecule has 1 amide bonds. The largest absolute Gasteiger partial charge is 0.497 e. The first kappa shape index (κ1) is 15.9. The van der Waals surface area contributed by atoms with Crippen LogP contribution in [0.15, 0.2) is 48.5 Å². The highest BCUT2D eigenvalue weighted by atomic mass is 16.5. The van der Waals surface area contributed by atoms with Crippen molar-refractivity contribution in [3.05, 3.63) is 54.1 Å². The molecular formula is C18H21NO3. The second kappa shape index (κ2) is 8.08. The van der Waals surface area contributed by atoms with Crippen LogP contribution >= 0.6 is 0 Å². The van der Waals surface area contributed by atoms with E-state index in [2.05, 4.69) is 5.32 Å². The predicted molar refractivity (Wildman–Crippen MR) is 87.6 cm³/mol. The quantitative estimate of drug-likeness (QED) is 0.848. The van der Waals surface area contributed by atoms with Crippen LogP contribution in [0.1, 0.15) is 18.4 Å². The second-order valence-corrected chi connectivity index (χ2v) is 4.95. The van der Waals surface area contributed by atoms with Crippen molar-refractivity contribution >= 4 is 11.6 Å². The van der Waals surface area contributed by atoms with E-state index in [9.17, 15) is 4.79 Å². The Morgan fingerprint density at radius 3 is 2.41 bits per heavy atom. The number of carbonyl (C=O) groups excluding carboxylic acids is 1. The van der Waals surface area contributed by atoms with Crippen LogP contribution in [0.3, 0.4) is 0 Å². The molecular weight excluding hydrogens is 278 g/mol. The summed E-state index contributed by atoms with van der Waals surface area (Å²) in [6.07, 6.45) is 2.14. The highest BCUT2D eigenvalue weighted by Gasteiger charge is 2.06. The van der Waals surface area contributed by atoms with Gasteiger partial charge in [-0.25, -0.2) is 0 Å². The third-order valence-electron chi connectivity index (χ3n) is 3.41. The van der Waals surface area contributed by atoms with Crippen LogP contribution in [-0.2, 0) is 11.2 Å². The molecule has 0 unspecified atom stereocenters. The number of ether oxygens (including phenoxy) is 2. The second-order valence-electron chi connectivity index (χ2n) is 4.95. The normalized spacial score (nSPS) is 10.1. The third-order valence-corrected chi connectivity index (χ3v) is 3.41.